The molecule has 1 aliphatic carbocycles. The summed E-state index contributed by atoms with van der Waals surface area (Å²) in [7, 11) is 0. The molecule has 0 aliphatic heterocycles. The van der Waals surface area contributed by atoms with Gasteiger partial charge in [0.2, 0.25) is 0 Å². The summed E-state index contributed by atoms with van der Waals surface area (Å²) in [6.07, 6.45) is 8.03. The summed E-state index contributed by atoms with van der Waals surface area (Å²) in [5.41, 5.74) is 8.08. The molecule has 0 amide bonds. The molecule has 4 aromatic rings. The van der Waals surface area contributed by atoms with Crippen molar-refractivity contribution in [2.75, 3.05) is 9.80 Å². The smallest absolute Gasteiger partial charge is 0.0497 e. The maximum Gasteiger partial charge on any atom is 0.0497 e. The fraction of sp³-hybridized carbons (Fsp3) is 0.263. The Labute approximate surface area is 251 Å². The largest absolute Gasteiger partial charge is 0.311 e. The van der Waals surface area contributed by atoms with E-state index in [1.807, 2.05) is 18.2 Å². The number of hydrogen-bond acceptors (Lipinski definition) is 2. The molecule has 0 radical (unpaired) electrons. The van der Waals surface area contributed by atoms with Gasteiger partial charge in [0.1, 0.15) is 0 Å². The second kappa shape index (κ2) is 11.6. The number of halogens is 1. The van der Waals surface area contributed by atoms with Crippen LogP contribution in [-0.2, 0) is 5.41 Å². The Balaban J connectivity index is 1.64. The van der Waals surface area contributed by atoms with Gasteiger partial charge >= 0.3 is 0 Å². The lowest BCUT2D eigenvalue weighted by molar-refractivity contribution is 0.293. The van der Waals surface area contributed by atoms with E-state index in [1.54, 1.807) is 0 Å². The zero-order valence-electron chi connectivity index (χ0n) is 25.1. The SMILES string of the molecule is CC(C)(C)c1ccc(N(C2=CCC(C(C)(C)C)C=C2)c2cc(Cl)cc(N(c3ccccc3)c3ccccc3)c2)cc1. The van der Waals surface area contributed by atoms with Gasteiger partial charge in [0.15, 0.2) is 0 Å². The van der Waals surface area contributed by atoms with Crippen LogP contribution in [0.1, 0.15) is 53.5 Å². The van der Waals surface area contributed by atoms with E-state index in [2.05, 4.69) is 154 Å². The number of anilines is 5. The monoisotopic (exact) mass is 560 g/mol. The highest BCUT2D eigenvalue weighted by Crippen LogP contribution is 2.42. The molecular formula is C38H41ClN2. The molecule has 0 N–H and O–H groups in total. The lowest BCUT2D eigenvalue weighted by atomic mass is 9.77. The van der Waals surface area contributed by atoms with E-state index in [0.29, 0.717) is 10.9 Å². The molecule has 4 aromatic carbocycles. The maximum atomic E-state index is 6.92. The van der Waals surface area contributed by atoms with E-state index in [9.17, 15) is 0 Å². The van der Waals surface area contributed by atoms with E-state index < -0.39 is 0 Å². The van der Waals surface area contributed by atoms with Gasteiger partial charge in [-0.15, -0.1) is 0 Å². The quantitative estimate of drug-likeness (QED) is 0.231. The fourth-order valence-electron chi connectivity index (χ4n) is 5.39. The molecule has 0 aromatic heterocycles. The Bertz CT molecular complexity index is 1480. The van der Waals surface area contributed by atoms with E-state index in [1.165, 1.54) is 5.56 Å². The van der Waals surface area contributed by atoms with Gasteiger partial charge in [-0.1, -0.05) is 114 Å². The number of allylic oxidation sites excluding steroid dienone is 3. The van der Waals surface area contributed by atoms with Gasteiger partial charge in [-0.25, -0.2) is 0 Å². The summed E-state index contributed by atoms with van der Waals surface area (Å²) >= 11 is 6.92. The molecule has 0 heterocycles. The number of benzene rings is 4. The summed E-state index contributed by atoms with van der Waals surface area (Å²) < 4.78 is 0. The number of nitrogens with zero attached hydrogens (tertiary/aromatic N) is 2. The van der Waals surface area contributed by atoms with Gasteiger partial charge in [-0.2, -0.15) is 0 Å². The summed E-state index contributed by atoms with van der Waals surface area (Å²) in [6, 6.07) is 36.3. The molecule has 0 saturated heterocycles. The highest BCUT2D eigenvalue weighted by molar-refractivity contribution is 6.31. The highest BCUT2D eigenvalue weighted by atomic mass is 35.5. The topological polar surface area (TPSA) is 6.48 Å². The van der Waals surface area contributed by atoms with Gasteiger partial charge in [0.25, 0.3) is 0 Å². The molecule has 0 bridgehead atoms. The zero-order valence-corrected chi connectivity index (χ0v) is 25.9. The molecular weight excluding hydrogens is 520 g/mol. The van der Waals surface area contributed by atoms with Crippen molar-refractivity contribution in [2.24, 2.45) is 11.3 Å². The van der Waals surface area contributed by atoms with Crippen LogP contribution in [0.15, 0.2) is 127 Å². The van der Waals surface area contributed by atoms with Gasteiger partial charge in [0, 0.05) is 39.2 Å². The van der Waals surface area contributed by atoms with Crippen molar-refractivity contribution in [3.8, 4) is 0 Å². The molecule has 0 fully saturated rings. The maximum absolute atomic E-state index is 6.92. The van der Waals surface area contributed by atoms with E-state index in [-0.39, 0.29) is 10.8 Å². The first kappa shape index (κ1) is 28.8. The van der Waals surface area contributed by atoms with Crippen LogP contribution in [0.3, 0.4) is 0 Å². The van der Waals surface area contributed by atoms with Crippen LogP contribution in [0, 0.1) is 11.3 Å². The van der Waals surface area contributed by atoms with Crippen LogP contribution < -0.4 is 9.80 Å². The van der Waals surface area contributed by atoms with Crippen LogP contribution in [0.5, 0.6) is 0 Å². The molecule has 0 saturated carbocycles. The average molecular weight is 561 g/mol. The first-order valence-corrected chi connectivity index (χ1v) is 14.9. The molecule has 41 heavy (non-hydrogen) atoms. The summed E-state index contributed by atoms with van der Waals surface area (Å²) in [4.78, 5) is 4.60. The molecule has 1 atom stereocenters. The first-order chi connectivity index (χ1) is 19.5. The molecule has 0 spiro atoms. The minimum Gasteiger partial charge on any atom is -0.311 e. The van der Waals surface area contributed by atoms with Gasteiger partial charge in [0.05, 0.1) is 0 Å². The predicted molar refractivity (Wildman–Crippen MR) is 178 cm³/mol. The zero-order chi connectivity index (χ0) is 29.2. The van der Waals surface area contributed by atoms with Crippen molar-refractivity contribution in [1.29, 1.82) is 0 Å². The number of para-hydroxylation sites is 2. The van der Waals surface area contributed by atoms with Gasteiger partial charge in [-0.3, -0.25) is 0 Å². The molecule has 5 rings (SSSR count). The Hall–Kier alpha value is -3.75. The third-order valence-electron chi connectivity index (χ3n) is 7.85. The third-order valence-corrected chi connectivity index (χ3v) is 8.07. The van der Waals surface area contributed by atoms with Crippen LogP contribution in [-0.4, -0.2) is 0 Å². The van der Waals surface area contributed by atoms with Crippen LogP contribution in [0.4, 0.5) is 28.4 Å². The second-order valence-corrected chi connectivity index (χ2v) is 13.4. The van der Waals surface area contributed by atoms with Crippen molar-refractivity contribution < 1.29 is 0 Å². The fourth-order valence-corrected chi connectivity index (χ4v) is 5.62. The number of rotatable bonds is 6. The standard InChI is InChI=1S/C38H41ClN2/c1-37(2,3)28-17-21-33(22-18-28)41(34-23-19-29(20-24-34)38(4,5)6)36-26-30(39)25-35(27-36)40(31-13-9-7-10-14-31)32-15-11-8-12-16-32/h7-19,21-27,29H,20H2,1-6H3. The van der Waals surface area contributed by atoms with Crippen molar-refractivity contribution in [3.05, 3.63) is 138 Å². The highest BCUT2D eigenvalue weighted by Gasteiger charge is 2.26. The minimum atomic E-state index is 0.0857. The summed E-state index contributed by atoms with van der Waals surface area (Å²) in [5, 5.41) is 0.693. The molecule has 3 heteroatoms. The molecule has 210 valence electrons. The Kier molecular flexibility index (Phi) is 8.16. The Morgan fingerprint density at radius 1 is 0.610 bits per heavy atom. The second-order valence-electron chi connectivity index (χ2n) is 13.0. The minimum absolute atomic E-state index is 0.0857. The summed E-state index contributed by atoms with van der Waals surface area (Å²) in [5.74, 6) is 0.498. The van der Waals surface area contributed by atoms with Gasteiger partial charge < -0.3 is 9.80 Å². The van der Waals surface area contributed by atoms with E-state index in [4.69, 9.17) is 11.6 Å². The van der Waals surface area contributed by atoms with Crippen LogP contribution >= 0.6 is 11.6 Å². The molecule has 1 unspecified atom stereocenters. The van der Waals surface area contributed by atoms with Crippen molar-refractivity contribution >= 4 is 40.0 Å². The van der Waals surface area contributed by atoms with Crippen molar-refractivity contribution in [1.82, 2.24) is 0 Å². The van der Waals surface area contributed by atoms with E-state index in [0.717, 1.165) is 40.6 Å². The van der Waals surface area contributed by atoms with E-state index >= 15 is 0 Å². The Morgan fingerprint density at radius 3 is 1.59 bits per heavy atom. The van der Waals surface area contributed by atoms with Crippen LogP contribution in [0.25, 0.3) is 0 Å². The first-order valence-electron chi connectivity index (χ1n) is 14.5. The van der Waals surface area contributed by atoms with Crippen molar-refractivity contribution in [2.45, 2.75) is 53.4 Å². The van der Waals surface area contributed by atoms with Gasteiger partial charge in [-0.05, 0) is 89.4 Å². The molecule has 1 aliphatic rings. The number of hydrogen-bond donors (Lipinski definition) is 0. The lowest BCUT2D eigenvalue weighted by Gasteiger charge is -2.34. The van der Waals surface area contributed by atoms with Crippen molar-refractivity contribution in [3.63, 3.8) is 0 Å². The Morgan fingerprint density at radius 2 is 1.12 bits per heavy atom. The average Bonchev–Trinajstić information content (AvgIpc) is 2.94. The molecule has 2 nitrogen and oxygen atoms in total. The predicted octanol–water partition coefficient (Wildman–Crippen LogP) is 11.8. The third kappa shape index (κ3) is 6.60. The summed E-state index contributed by atoms with van der Waals surface area (Å²) in [6.45, 7) is 13.7. The van der Waals surface area contributed by atoms with Crippen LogP contribution in [0.2, 0.25) is 5.02 Å². The normalized spacial score (nSPS) is 15.4. The lowest BCUT2D eigenvalue weighted by Crippen LogP contribution is -2.23.